The van der Waals surface area contributed by atoms with Gasteiger partial charge in [0.15, 0.2) is 0 Å². The minimum atomic E-state index is -0.220. The Bertz CT molecular complexity index is 997. The molecule has 1 aliphatic heterocycles. The second-order valence-electron chi connectivity index (χ2n) is 7.46. The van der Waals surface area contributed by atoms with Crippen molar-refractivity contribution < 1.29 is 4.79 Å². The van der Waals surface area contributed by atoms with E-state index in [4.69, 9.17) is 5.10 Å². The normalized spacial score (nSPS) is 17.7. The van der Waals surface area contributed by atoms with Crippen LogP contribution in [0.2, 0.25) is 0 Å². The molecule has 0 radical (unpaired) electrons. The van der Waals surface area contributed by atoms with Crippen LogP contribution in [0.25, 0.3) is 0 Å². The summed E-state index contributed by atoms with van der Waals surface area (Å²) >= 11 is 0. The molecule has 4 nitrogen and oxygen atoms in total. The first kappa shape index (κ1) is 19.1. The highest BCUT2D eigenvalue weighted by atomic mass is 16.2. The van der Waals surface area contributed by atoms with Gasteiger partial charge < -0.3 is 0 Å². The molecule has 3 aromatic rings. The highest BCUT2D eigenvalue weighted by Gasteiger charge is 2.39. The quantitative estimate of drug-likeness (QED) is 0.596. The fourth-order valence-electron chi connectivity index (χ4n) is 3.68. The number of benzene rings is 3. The van der Waals surface area contributed by atoms with Gasteiger partial charge in [-0.25, -0.2) is 5.01 Å². The zero-order valence-electron chi connectivity index (χ0n) is 16.8. The lowest BCUT2D eigenvalue weighted by Crippen LogP contribution is -2.29. The number of hydrogen-bond acceptors (Lipinski definition) is 3. The summed E-state index contributed by atoms with van der Waals surface area (Å²) in [5.41, 5.74) is 5.30. The Hall–Kier alpha value is -3.24. The molecule has 146 valence electrons. The predicted molar refractivity (Wildman–Crippen MR) is 116 cm³/mol. The molecule has 0 bridgehead atoms. The highest BCUT2D eigenvalue weighted by Crippen LogP contribution is 2.33. The van der Waals surface area contributed by atoms with Crippen LogP contribution in [-0.2, 0) is 11.3 Å². The number of carbonyl (C=O) groups excluding carboxylic acids is 1. The van der Waals surface area contributed by atoms with Crippen molar-refractivity contribution in [1.29, 1.82) is 0 Å². The molecular formula is C25H25N3O. The van der Waals surface area contributed by atoms with Crippen molar-refractivity contribution in [3.63, 3.8) is 0 Å². The van der Waals surface area contributed by atoms with Gasteiger partial charge in [0, 0.05) is 6.54 Å². The molecule has 4 rings (SSSR count). The lowest BCUT2D eigenvalue weighted by molar-refractivity contribution is -0.128. The van der Waals surface area contributed by atoms with Crippen LogP contribution in [-0.4, -0.2) is 28.1 Å². The Morgan fingerprint density at radius 1 is 0.931 bits per heavy atom. The third-order valence-electron chi connectivity index (χ3n) is 5.22. The van der Waals surface area contributed by atoms with Crippen LogP contribution in [0.15, 0.2) is 90.0 Å². The molecule has 1 atom stereocenters. The summed E-state index contributed by atoms with van der Waals surface area (Å²) < 4.78 is 0. The Labute approximate surface area is 172 Å². The van der Waals surface area contributed by atoms with E-state index in [1.807, 2.05) is 55.5 Å². The first-order valence-electron chi connectivity index (χ1n) is 9.89. The Balaban J connectivity index is 1.70. The fourth-order valence-corrected chi connectivity index (χ4v) is 3.68. The predicted octanol–water partition coefficient (Wildman–Crippen LogP) is 4.76. The van der Waals surface area contributed by atoms with Crippen molar-refractivity contribution in [3.8, 4) is 0 Å². The molecule has 29 heavy (non-hydrogen) atoms. The molecule has 1 saturated heterocycles. The van der Waals surface area contributed by atoms with E-state index in [0.29, 0.717) is 13.1 Å². The van der Waals surface area contributed by atoms with Crippen LogP contribution in [0.3, 0.4) is 0 Å². The number of amides is 1. The summed E-state index contributed by atoms with van der Waals surface area (Å²) in [4.78, 5) is 15.2. The topological polar surface area (TPSA) is 35.9 Å². The monoisotopic (exact) mass is 383 g/mol. The van der Waals surface area contributed by atoms with Gasteiger partial charge in [-0.05, 0) is 30.5 Å². The molecule has 0 aliphatic carbocycles. The number of aryl methyl sites for hydroxylation is 1. The van der Waals surface area contributed by atoms with Crippen molar-refractivity contribution in [2.45, 2.75) is 26.6 Å². The molecule has 1 heterocycles. The summed E-state index contributed by atoms with van der Waals surface area (Å²) in [6.45, 7) is 5.07. The van der Waals surface area contributed by atoms with Crippen LogP contribution in [0, 0.1) is 6.92 Å². The highest BCUT2D eigenvalue weighted by molar-refractivity contribution is 5.99. The lowest BCUT2D eigenvalue weighted by atomic mass is 10.1. The molecule has 1 aliphatic rings. The Kier molecular flexibility index (Phi) is 5.54. The molecular weight excluding hydrogens is 358 g/mol. The largest absolute Gasteiger partial charge is 0.271 e. The molecule has 0 saturated carbocycles. The van der Waals surface area contributed by atoms with Crippen LogP contribution >= 0.6 is 0 Å². The molecule has 0 spiro atoms. The SMILES string of the molecule is C/C(=N\N1C(=O)CN(Cc2ccccc2)C1c1ccc(C)cc1)c1ccccc1. The van der Waals surface area contributed by atoms with Crippen LogP contribution in [0.5, 0.6) is 0 Å². The van der Waals surface area contributed by atoms with E-state index in [0.717, 1.165) is 16.8 Å². The second-order valence-corrected chi connectivity index (χ2v) is 7.46. The van der Waals surface area contributed by atoms with E-state index in [2.05, 4.69) is 48.2 Å². The van der Waals surface area contributed by atoms with Gasteiger partial charge in [0.25, 0.3) is 5.91 Å². The summed E-state index contributed by atoms with van der Waals surface area (Å²) in [5.74, 6) is 0.0155. The van der Waals surface area contributed by atoms with Crippen LogP contribution < -0.4 is 0 Å². The van der Waals surface area contributed by atoms with Gasteiger partial charge in [0.1, 0.15) is 6.17 Å². The van der Waals surface area contributed by atoms with Crippen molar-refractivity contribution in [2.75, 3.05) is 6.54 Å². The van der Waals surface area contributed by atoms with Gasteiger partial charge in [-0.15, -0.1) is 0 Å². The summed E-state index contributed by atoms with van der Waals surface area (Å²) in [6, 6.07) is 28.6. The van der Waals surface area contributed by atoms with Gasteiger partial charge in [0.2, 0.25) is 0 Å². The summed E-state index contributed by atoms with van der Waals surface area (Å²) in [6.07, 6.45) is -0.220. The Morgan fingerprint density at radius 2 is 1.55 bits per heavy atom. The molecule has 1 fully saturated rings. The third kappa shape index (κ3) is 4.28. The number of hydrogen-bond donors (Lipinski definition) is 0. The van der Waals surface area contributed by atoms with Gasteiger partial charge in [-0.3, -0.25) is 9.69 Å². The average molecular weight is 383 g/mol. The van der Waals surface area contributed by atoms with E-state index < -0.39 is 0 Å². The van der Waals surface area contributed by atoms with E-state index >= 15 is 0 Å². The summed E-state index contributed by atoms with van der Waals surface area (Å²) in [7, 11) is 0. The average Bonchev–Trinajstić information content (AvgIpc) is 3.04. The van der Waals surface area contributed by atoms with Gasteiger partial charge >= 0.3 is 0 Å². The van der Waals surface area contributed by atoms with Gasteiger partial charge in [0.05, 0.1) is 12.3 Å². The first-order valence-corrected chi connectivity index (χ1v) is 9.89. The molecule has 1 amide bonds. The summed E-state index contributed by atoms with van der Waals surface area (Å²) in [5, 5.41) is 6.41. The van der Waals surface area contributed by atoms with Gasteiger partial charge in [-0.2, -0.15) is 5.10 Å². The molecule has 0 aromatic heterocycles. The molecule has 4 heteroatoms. The fraction of sp³-hybridized carbons (Fsp3) is 0.200. The van der Waals surface area contributed by atoms with Crippen molar-refractivity contribution in [2.24, 2.45) is 5.10 Å². The number of carbonyl (C=O) groups is 1. The standard InChI is InChI=1S/C25H25N3O/c1-19-13-15-23(16-14-19)25-27(17-21-9-5-3-6-10-21)18-24(29)28(25)26-20(2)22-11-7-4-8-12-22/h3-16,25H,17-18H2,1-2H3/b26-20+. The van der Waals surface area contributed by atoms with Crippen molar-refractivity contribution in [3.05, 3.63) is 107 Å². The number of nitrogens with zero attached hydrogens (tertiary/aromatic N) is 3. The van der Waals surface area contributed by atoms with E-state index in [1.165, 1.54) is 11.1 Å². The number of rotatable bonds is 5. The lowest BCUT2D eigenvalue weighted by Gasteiger charge is -2.28. The molecule has 3 aromatic carbocycles. The van der Waals surface area contributed by atoms with Crippen molar-refractivity contribution >= 4 is 11.6 Å². The van der Waals surface area contributed by atoms with E-state index in [1.54, 1.807) is 5.01 Å². The minimum Gasteiger partial charge on any atom is -0.271 e. The van der Waals surface area contributed by atoms with Gasteiger partial charge in [-0.1, -0.05) is 90.5 Å². The minimum absolute atomic E-state index is 0.0155. The zero-order valence-corrected chi connectivity index (χ0v) is 16.8. The maximum Gasteiger partial charge on any atom is 0.258 e. The Morgan fingerprint density at radius 3 is 2.21 bits per heavy atom. The smallest absolute Gasteiger partial charge is 0.258 e. The maximum absolute atomic E-state index is 13.0. The van der Waals surface area contributed by atoms with Crippen LogP contribution in [0.1, 0.15) is 35.3 Å². The zero-order chi connectivity index (χ0) is 20.2. The molecule has 1 unspecified atom stereocenters. The van der Waals surface area contributed by atoms with Crippen LogP contribution in [0.4, 0.5) is 0 Å². The third-order valence-corrected chi connectivity index (χ3v) is 5.22. The second kappa shape index (κ2) is 8.41. The molecule has 0 N–H and O–H groups in total. The maximum atomic E-state index is 13.0. The number of hydrazone groups is 1. The first-order chi connectivity index (χ1) is 14.1. The van der Waals surface area contributed by atoms with E-state index in [-0.39, 0.29) is 12.1 Å². The van der Waals surface area contributed by atoms with E-state index in [9.17, 15) is 4.79 Å². The van der Waals surface area contributed by atoms with Crippen molar-refractivity contribution in [1.82, 2.24) is 9.91 Å².